The Kier molecular flexibility index (Phi) is 8.07. The van der Waals surface area contributed by atoms with Gasteiger partial charge in [0.25, 0.3) is 0 Å². The average molecular weight is 598 g/mol. The first kappa shape index (κ1) is 26.4. The summed E-state index contributed by atoms with van der Waals surface area (Å²) in [6.07, 6.45) is 7.09. The lowest BCUT2D eigenvalue weighted by molar-refractivity contribution is 0.206. The lowest BCUT2D eigenvalue weighted by atomic mass is 9.94. The summed E-state index contributed by atoms with van der Waals surface area (Å²) in [6, 6.07) is 10.4. The van der Waals surface area contributed by atoms with Crippen molar-refractivity contribution in [3.8, 4) is 6.07 Å². The van der Waals surface area contributed by atoms with Gasteiger partial charge in [-0.05, 0) is 91.6 Å². The second-order valence-electron chi connectivity index (χ2n) is 9.63. The maximum Gasteiger partial charge on any atom is 0.141 e. The highest BCUT2D eigenvalue weighted by molar-refractivity contribution is 9.10. The number of piperidine rings is 1. The Balaban J connectivity index is 1.31. The van der Waals surface area contributed by atoms with E-state index < -0.39 is 5.82 Å². The van der Waals surface area contributed by atoms with Crippen molar-refractivity contribution in [1.29, 1.82) is 5.26 Å². The first-order valence-corrected chi connectivity index (χ1v) is 13.6. The second-order valence-corrected chi connectivity index (χ2v) is 10.9. The fourth-order valence-corrected chi connectivity index (χ4v) is 5.43. The van der Waals surface area contributed by atoms with Crippen LogP contribution in [-0.2, 0) is 13.1 Å². The molecule has 11 heteroatoms. The van der Waals surface area contributed by atoms with Crippen LogP contribution in [0.5, 0.6) is 0 Å². The largest absolute Gasteiger partial charge is 0.379 e. The summed E-state index contributed by atoms with van der Waals surface area (Å²) in [5.74, 6) is 0.234. The van der Waals surface area contributed by atoms with E-state index in [2.05, 4.69) is 59.9 Å². The van der Waals surface area contributed by atoms with Crippen molar-refractivity contribution < 1.29 is 4.39 Å². The van der Waals surface area contributed by atoms with Gasteiger partial charge in [-0.25, -0.2) is 4.39 Å². The molecule has 0 bridgehead atoms. The molecule has 0 spiro atoms. The number of hydrogen-bond acceptors (Lipinski definition) is 7. The number of pyridine rings is 1. The van der Waals surface area contributed by atoms with E-state index in [1.54, 1.807) is 6.07 Å². The molecule has 8 nitrogen and oxygen atoms in total. The zero-order valence-corrected chi connectivity index (χ0v) is 23.2. The number of rotatable bonds is 8. The number of nitrogens with one attached hydrogen (secondary N) is 2. The van der Waals surface area contributed by atoms with Crippen molar-refractivity contribution in [1.82, 2.24) is 24.9 Å². The molecule has 0 saturated carbocycles. The van der Waals surface area contributed by atoms with Crippen molar-refractivity contribution >= 4 is 55.5 Å². The molecule has 38 heavy (non-hydrogen) atoms. The molecular formula is C27H27BrClFN8. The van der Waals surface area contributed by atoms with E-state index in [0.717, 1.165) is 40.1 Å². The minimum atomic E-state index is -0.509. The maximum absolute atomic E-state index is 13.7. The Morgan fingerprint density at radius 2 is 2.03 bits per heavy atom. The number of hydrogen-bond donors (Lipinski definition) is 2. The van der Waals surface area contributed by atoms with E-state index in [4.69, 9.17) is 11.6 Å². The van der Waals surface area contributed by atoms with E-state index in [9.17, 15) is 9.65 Å². The van der Waals surface area contributed by atoms with Gasteiger partial charge in [0, 0.05) is 34.0 Å². The molecule has 2 aromatic heterocycles. The van der Waals surface area contributed by atoms with E-state index in [0.29, 0.717) is 29.0 Å². The van der Waals surface area contributed by atoms with E-state index >= 15 is 0 Å². The number of aryl methyl sites for hydroxylation is 1. The minimum absolute atomic E-state index is 0.00482. The van der Waals surface area contributed by atoms with Crippen LogP contribution in [-0.4, -0.2) is 45.0 Å². The normalized spacial score (nSPS) is 14.5. The van der Waals surface area contributed by atoms with Gasteiger partial charge in [-0.3, -0.25) is 9.67 Å². The summed E-state index contributed by atoms with van der Waals surface area (Å²) in [4.78, 5) is 6.84. The Morgan fingerprint density at radius 3 is 2.79 bits per heavy atom. The zero-order valence-electron chi connectivity index (χ0n) is 20.9. The molecule has 0 atom stereocenters. The summed E-state index contributed by atoms with van der Waals surface area (Å²) in [5, 5.41) is 25.7. The molecule has 196 valence electrons. The third kappa shape index (κ3) is 6.07. The summed E-state index contributed by atoms with van der Waals surface area (Å²) < 4.78 is 16.3. The highest BCUT2D eigenvalue weighted by atomic mass is 79.9. The molecular weight excluding hydrogens is 571 g/mol. The Hall–Kier alpha value is -3.26. The molecule has 1 aliphatic rings. The SMILES string of the molecule is CN1CCC(CCn2cc(CNc3cc(Br)c4ncc(C#N)c(Nc5ccc(F)c(Cl)c5)c4c3)nn2)CC1. The fourth-order valence-electron chi connectivity index (χ4n) is 4.69. The topological polar surface area (TPSA) is 94.7 Å². The predicted octanol–water partition coefficient (Wildman–Crippen LogP) is 6.34. The molecule has 0 amide bonds. The number of nitrogens with zero attached hydrogens (tertiary/aromatic N) is 6. The van der Waals surface area contributed by atoms with Crippen molar-refractivity contribution in [2.75, 3.05) is 30.8 Å². The van der Waals surface area contributed by atoms with Gasteiger partial charge >= 0.3 is 0 Å². The first-order chi connectivity index (χ1) is 18.4. The molecule has 1 saturated heterocycles. The highest BCUT2D eigenvalue weighted by Gasteiger charge is 2.17. The number of nitriles is 1. The number of benzene rings is 2. The average Bonchev–Trinajstić information content (AvgIpc) is 3.37. The van der Waals surface area contributed by atoms with Crippen molar-refractivity contribution in [2.24, 2.45) is 5.92 Å². The van der Waals surface area contributed by atoms with Crippen molar-refractivity contribution in [3.05, 3.63) is 69.3 Å². The van der Waals surface area contributed by atoms with Crippen LogP contribution in [0.3, 0.4) is 0 Å². The number of likely N-dealkylation sites (tertiary alicyclic amines) is 1. The van der Waals surface area contributed by atoms with Crippen molar-refractivity contribution in [3.63, 3.8) is 0 Å². The predicted molar refractivity (Wildman–Crippen MR) is 151 cm³/mol. The van der Waals surface area contributed by atoms with E-state index in [1.165, 1.54) is 44.3 Å². The molecule has 2 N–H and O–H groups in total. The smallest absolute Gasteiger partial charge is 0.141 e. The molecule has 3 heterocycles. The van der Waals surface area contributed by atoms with Crippen LogP contribution in [0.1, 0.15) is 30.5 Å². The van der Waals surface area contributed by atoms with Gasteiger partial charge in [0.05, 0.1) is 34.5 Å². The summed E-state index contributed by atoms with van der Waals surface area (Å²) in [5.41, 5.74) is 3.82. The van der Waals surface area contributed by atoms with Crippen LogP contribution in [0.25, 0.3) is 10.9 Å². The number of anilines is 3. The van der Waals surface area contributed by atoms with Crippen LogP contribution in [0.15, 0.2) is 47.2 Å². The molecule has 5 rings (SSSR count). The summed E-state index contributed by atoms with van der Waals surface area (Å²) >= 11 is 9.57. The van der Waals surface area contributed by atoms with Crippen molar-refractivity contribution in [2.45, 2.75) is 32.4 Å². The second kappa shape index (κ2) is 11.6. The fraction of sp³-hybridized carbons (Fsp3) is 0.333. The van der Waals surface area contributed by atoms with Gasteiger partial charge in [-0.1, -0.05) is 16.8 Å². The van der Waals surface area contributed by atoms with Gasteiger partial charge in [0.2, 0.25) is 0 Å². The molecule has 0 unspecified atom stereocenters. The quantitative estimate of drug-likeness (QED) is 0.245. The summed E-state index contributed by atoms with van der Waals surface area (Å²) in [6.45, 7) is 3.69. The molecule has 1 fully saturated rings. The van der Waals surface area contributed by atoms with Gasteiger partial charge in [-0.15, -0.1) is 5.10 Å². The molecule has 0 aliphatic carbocycles. The van der Waals surface area contributed by atoms with Gasteiger partial charge in [0.15, 0.2) is 0 Å². The van der Waals surface area contributed by atoms with Gasteiger partial charge < -0.3 is 15.5 Å². The van der Waals surface area contributed by atoms with Crippen LogP contribution in [0.2, 0.25) is 5.02 Å². The van der Waals surface area contributed by atoms with Crippen LogP contribution in [0, 0.1) is 23.1 Å². The Labute approximate surface area is 233 Å². The summed E-state index contributed by atoms with van der Waals surface area (Å²) in [7, 11) is 2.18. The number of aromatic nitrogens is 4. The monoisotopic (exact) mass is 596 g/mol. The Bertz CT molecular complexity index is 1490. The van der Waals surface area contributed by atoms with Gasteiger partial charge in [0.1, 0.15) is 17.6 Å². The lowest BCUT2D eigenvalue weighted by Gasteiger charge is -2.28. The number of halogens is 3. The maximum atomic E-state index is 13.7. The molecule has 2 aromatic carbocycles. The number of fused-ring (bicyclic) bond motifs is 1. The minimum Gasteiger partial charge on any atom is -0.379 e. The highest BCUT2D eigenvalue weighted by Crippen LogP contribution is 2.35. The zero-order chi connectivity index (χ0) is 26.6. The van der Waals surface area contributed by atoms with Crippen LogP contribution in [0.4, 0.5) is 21.5 Å². The van der Waals surface area contributed by atoms with Crippen LogP contribution >= 0.6 is 27.5 Å². The van der Waals surface area contributed by atoms with E-state index in [1.807, 2.05) is 23.0 Å². The first-order valence-electron chi connectivity index (χ1n) is 12.5. The molecule has 0 radical (unpaired) electrons. The van der Waals surface area contributed by atoms with Gasteiger partial charge in [-0.2, -0.15) is 5.26 Å². The third-order valence-electron chi connectivity index (χ3n) is 6.90. The molecule has 4 aromatic rings. The standard InChI is InChI=1S/C27H27BrClFN8/c1-37-7-4-17(5-8-37)6-9-38-16-21(35-36-38)15-32-20-10-22-26(34-19-2-3-25(30)24(29)12-19)18(13-31)14-33-27(22)23(28)11-20/h2-3,10-12,14,16-17,32H,4-9,15H2,1H3,(H,33,34). The Morgan fingerprint density at radius 1 is 1.21 bits per heavy atom. The third-order valence-corrected chi connectivity index (χ3v) is 7.79. The molecule has 1 aliphatic heterocycles. The lowest BCUT2D eigenvalue weighted by Crippen LogP contribution is -2.30. The van der Waals surface area contributed by atoms with E-state index in [-0.39, 0.29) is 5.02 Å². The van der Waals surface area contributed by atoms with Crippen LogP contribution < -0.4 is 10.6 Å².